The molecule has 0 aliphatic heterocycles. The first-order chi connectivity index (χ1) is 10.1. The summed E-state index contributed by atoms with van der Waals surface area (Å²) in [5.41, 5.74) is 1.35. The van der Waals surface area contributed by atoms with E-state index in [0.717, 1.165) is 5.69 Å². The summed E-state index contributed by atoms with van der Waals surface area (Å²) in [6.07, 6.45) is 1.61. The van der Waals surface area contributed by atoms with Crippen LogP contribution in [-0.2, 0) is 0 Å². The normalized spacial score (nSPS) is 9.86. The molecule has 0 fully saturated rings. The molecule has 1 aromatic carbocycles. The number of thiocarbonyl (C=S) groups is 1. The van der Waals surface area contributed by atoms with E-state index in [4.69, 9.17) is 33.3 Å². The van der Waals surface area contributed by atoms with Gasteiger partial charge in [-0.2, -0.15) is 0 Å². The molecule has 0 amide bonds. The SMILES string of the molecule is COc1ccc(NC(=S)Nc2cccnc2Cl)c(OC)c1. The van der Waals surface area contributed by atoms with Gasteiger partial charge in [0.15, 0.2) is 10.3 Å². The smallest absolute Gasteiger partial charge is 0.175 e. The van der Waals surface area contributed by atoms with Gasteiger partial charge in [-0.15, -0.1) is 0 Å². The van der Waals surface area contributed by atoms with Crippen molar-refractivity contribution in [3.05, 3.63) is 41.7 Å². The van der Waals surface area contributed by atoms with Crippen LogP contribution in [0.1, 0.15) is 0 Å². The minimum absolute atomic E-state index is 0.350. The Kier molecular flexibility index (Phi) is 5.19. The molecule has 0 aliphatic carbocycles. The lowest BCUT2D eigenvalue weighted by molar-refractivity contribution is 0.395. The second-order valence-electron chi connectivity index (χ2n) is 3.99. The molecule has 21 heavy (non-hydrogen) atoms. The highest BCUT2D eigenvalue weighted by molar-refractivity contribution is 7.80. The first-order valence-electron chi connectivity index (χ1n) is 6.04. The zero-order valence-corrected chi connectivity index (χ0v) is 13.1. The van der Waals surface area contributed by atoms with Gasteiger partial charge in [-0.1, -0.05) is 11.6 Å². The summed E-state index contributed by atoms with van der Waals surface area (Å²) in [5, 5.41) is 6.75. The zero-order chi connectivity index (χ0) is 15.2. The number of nitrogens with one attached hydrogen (secondary N) is 2. The Morgan fingerprint density at radius 1 is 1.14 bits per heavy atom. The van der Waals surface area contributed by atoms with Crippen LogP contribution in [0.5, 0.6) is 11.5 Å². The van der Waals surface area contributed by atoms with Gasteiger partial charge in [0, 0.05) is 12.3 Å². The summed E-state index contributed by atoms with van der Waals surface area (Å²) in [6.45, 7) is 0. The Labute approximate surface area is 133 Å². The van der Waals surface area contributed by atoms with Crippen molar-refractivity contribution in [3.8, 4) is 11.5 Å². The molecule has 0 saturated heterocycles. The molecule has 7 heteroatoms. The standard InChI is InChI=1S/C14H14ClN3O2S/c1-19-9-5-6-10(12(8-9)20-2)17-14(21)18-11-4-3-7-16-13(11)15/h3-8H,1-2H3,(H2,17,18,21). The van der Waals surface area contributed by atoms with Crippen LogP contribution in [0.15, 0.2) is 36.5 Å². The number of halogens is 1. The highest BCUT2D eigenvalue weighted by Crippen LogP contribution is 2.29. The highest BCUT2D eigenvalue weighted by Gasteiger charge is 2.08. The zero-order valence-electron chi connectivity index (χ0n) is 11.5. The van der Waals surface area contributed by atoms with E-state index in [1.165, 1.54) is 0 Å². The molecule has 0 spiro atoms. The monoisotopic (exact) mass is 323 g/mol. The maximum absolute atomic E-state index is 5.97. The third kappa shape index (κ3) is 3.96. The van der Waals surface area contributed by atoms with Gasteiger partial charge in [0.25, 0.3) is 0 Å². The first-order valence-corrected chi connectivity index (χ1v) is 6.83. The van der Waals surface area contributed by atoms with Crippen LogP contribution in [0, 0.1) is 0 Å². The summed E-state index contributed by atoms with van der Waals surface area (Å²) < 4.78 is 10.4. The Hall–Kier alpha value is -2.05. The van der Waals surface area contributed by atoms with Crippen molar-refractivity contribution < 1.29 is 9.47 Å². The number of nitrogens with zero attached hydrogens (tertiary/aromatic N) is 1. The van der Waals surface area contributed by atoms with Gasteiger partial charge >= 0.3 is 0 Å². The molecule has 0 bridgehead atoms. The van der Waals surface area contributed by atoms with Crippen LogP contribution in [0.4, 0.5) is 11.4 Å². The van der Waals surface area contributed by atoms with Gasteiger partial charge in [-0.3, -0.25) is 0 Å². The highest BCUT2D eigenvalue weighted by atomic mass is 35.5. The molecule has 0 radical (unpaired) electrons. The van der Waals surface area contributed by atoms with Crippen molar-refractivity contribution in [2.45, 2.75) is 0 Å². The number of pyridine rings is 1. The third-order valence-electron chi connectivity index (χ3n) is 2.66. The Bertz CT molecular complexity index is 652. The van der Waals surface area contributed by atoms with E-state index in [1.54, 1.807) is 38.6 Å². The molecule has 2 N–H and O–H groups in total. The Morgan fingerprint density at radius 2 is 1.90 bits per heavy atom. The van der Waals surface area contributed by atoms with E-state index in [1.807, 2.05) is 12.1 Å². The molecule has 1 aromatic heterocycles. The van der Waals surface area contributed by atoms with Crippen molar-refractivity contribution >= 4 is 40.3 Å². The fourth-order valence-corrected chi connectivity index (χ4v) is 2.04. The Morgan fingerprint density at radius 3 is 2.57 bits per heavy atom. The van der Waals surface area contributed by atoms with E-state index < -0.39 is 0 Å². The van der Waals surface area contributed by atoms with Gasteiger partial charge in [0.2, 0.25) is 0 Å². The summed E-state index contributed by atoms with van der Waals surface area (Å²) >= 11 is 11.2. The third-order valence-corrected chi connectivity index (χ3v) is 3.17. The quantitative estimate of drug-likeness (QED) is 0.663. The fourth-order valence-electron chi connectivity index (χ4n) is 1.66. The average molecular weight is 324 g/mol. The number of hydrogen-bond donors (Lipinski definition) is 2. The minimum atomic E-state index is 0.350. The van der Waals surface area contributed by atoms with Gasteiger partial charge in [-0.05, 0) is 36.5 Å². The van der Waals surface area contributed by atoms with Gasteiger partial charge in [0.1, 0.15) is 11.5 Å². The van der Waals surface area contributed by atoms with Crippen molar-refractivity contribution in [2.75, 3.05) is 24.9 Å². The minimum Gasteiger partial charge on any atom is -0.497 e. The Balaban J connectivity index is 2.11. The lowest BCUT2D eigenvalue weighted by atomic mass is 10.2. The second-order valence-corrected chi connectivity index (χ2v) is 4.75. The first kappa shape index (κ1) is 15.3. The maximum atomic E-state index is 5.97. The molecular formula is C14H14ClN3O2S. The fraction of sp³-hybridized carbons (Fsp3) is 0.143. The van der Waals surface area contributed by atoms with E-state index >= 15 is 0 Å². The largest absolute Gasteiger partial charge is 0.497 e. The molecule has 110 valence electrons. The summed E-state index contributed by atoms with van der Waals surface area (Å²) in [7, 11) is 3.17. The summed E-state index contributed by atoms with van der Waals surface area (Å²) in [5.74, 6) is 1.32. The van der Waals surface area contributed by atoms with Crippen molar-refractivity contribution in [1.82, 2.24) is 4.98 Å². The van der Waals surface area contributed by atoms with E-state index in [0.29, 0.717) is 27.5 Å². The number of hydrogen-bond acceptors (Lipinski definition) is 4. The van der Waals surface area contributed by atoms with Crippen LogP contribution in [0.2, 0.25) is 5.15 Å². The lowest BCUT2D eigenvalue weighted by Crippen LogP contribution is -2.19. The van der Waals surface area contributed by atoms with Crippen molar-refractivity contribution in [3.63, 3.8) is 0 Å². The molecule has 2 aromatic rings. The number of aromatic nitrogens is 1. The molecule has 0 atom stereocenters. The van der Waals surface area contributed by atoms with Crippen LogP contribution >= 0.6 is 23.8 Å². The molecular weight excluding hydrogens is 310 g/mol. The predicted molar refractivity (Wildman–Crippen MR) is 88.6 cm³/mol. The van der Waals surface area contributed by atoms with E-state index in [2.05, 4.69) is 15.6 Å². The molecule has 1 heterocycles. The molecule has 0 aliphatic rings. The second kappa shape index (κ2) is 7.10. The number of rotatable bonds is 4. The molecule has 0 unspecified atom stereocenters. The number of methoxy groups -OCH3 is 2. The maximum Gasteiger partial charge on any atom is 0.175 e. The van der Waals surface area contributed by atoms with Gasteiger partial charge < -0.3 is 20.1 Å². The van der Waals surface area contributed by atoms with Gasteiger partial charge in [0.05, 0.1) is 25.6 Å². The summed E-state index contributed by atoms with van der Waals surface area (Å²) in [6, 6.07) is 8.95. The molecule has 2 rings (SSSR count). The van der Waals surface area contributed by atoms with Crippen LogP contribution < -0.4 is 20.1 Å². The number of anilines is 2. The van der Waals surface area contributed by atoms with Crippen LogP contribution in [0.25, 0.3) is 0 Å². The predicted octanol–water partition coefficient (Wildman–Crippen LogP) is 3.56. The number of ether oxygens (including phenoxy) is 2. The van der Waals surface area contributed by atoms with Crippen LogP contribution in [-0.4, -0.2) is 24.3 Å². The topological polar surface area (TPSA) is 55.4 Å². The molecule has 5 nitrogen and oxygen atoms in total. The summed E-state index contributed by atoms with van der Waals surface area (Å²) in [4.78, 5) is 3.97. The van der Waals surface area contributed by atoms with Gasteiger partial charge in [-0.25, -0.2) is 4.98 Å². The molecule has 0 saturated carbocycles. The number of benzene rings is 1. The van der Waals surface area contributed by atoms with E-state index in [-0.39, 0.29) is 0 Å². The van der Waals surface area contributed by atoms with Crippen LogP contribution in [0.3, 0.4) is 0 Å². The lowest BCUT2D eigenvalue weighted by Gasteiger charge is -2.14. The van der Waals surface area contributed by atoms with E-state index in [9.17, 15) is 0 Å². The van der Waals surface area contributed by atoms with Crippen molar-refractivity contribution in [2.24, 2.45) is 0 Å². The average Bonchev–Trinajstić information content (AvgIpc) is 2.50. The van der Waals surface area contributed by atoms with Crippen molar-refractivity contribution in [1.29, 1.82) is 0 Å².